The summed E-state index contributed by atoms with van der Waals surface area (Å²) in [4.78, 5) is 11.8. The van der Waals surface area contributed by atoms with E-state index in [1.54, 1.807) is 0 Å². The van der Waals surface area contributed by atoms with Gasteiger partial charge in [0, 0.05) is 18.8 Å². The number of ether oxygens (including phenoxy) is 2. The van der Waals surface area contributed by atoms with Gasteiger partial charge in [0.1, 0.15) is 5.78 Å². The lowest BCUT2D eigenvalue weighted by Gasteiger charge is -2.40. The predicted molar refractivity (Wildman–Crippen MR) is 79.7 cm³/mol. The molecule has 0 radical (unpaired) electrons. The predicted octanol–water partition coefficient (Wildman–Crippen LogP) is 3.67. The number of carbonyl (C=O) groups excluding carboxylic acids is 1. The first-order valence-corrected chi connectivity index (χ1v) is 7.95. The van der Waals surface area contributed by atoms with Gasteiger partial charge in [-0.3, -0.25) is 4.79 Å². The highest BCUT2D eigenvalue weighted by Crippen LogP contribution is 2.50. The van der Waals surface area contributed by atoms with Gasteiger partial charge in [-0.05, 0) is 26.7 Å². The Labute approximate surface area is 122 Å². The van der Waals surface area contributed by atoms with Crippen molar-refractivity contribution in [3.8, 4) is 0 Å². The summed E-state index contributed by atoms with van der Waals surface area (Å²) in [5.41, 5.74) is -0.370. The van der Waals surface area contributed by atoms with Crippen molar-refractivity contribution in [3.05, 3.63) is 12.2 Å². The lowest BCUT2D eigenvalue weighted by atomic mass is 9.70. The van der Waals surface area contributed by atoms with Crippen molar-refractivity contribution in [1.29, 1.82) is 0 Å². The van der Waals surface area contributed by atoms with Crippen molar-refractivity contribution in [2.24, 2.45) is 5.92 Å². The van der Waals surface area contributed by atoms with Gasteiger partial charge in [0.15, 0.2) is 0 Å². The number of unbranched alkanes of at least 4 members (excludes halogenated alkanes) is 2. The summed E-state index contributed by atoms with van der Waals surface area (Å²) in [6.07, 6.45) is 10.0. The molecule has 1 aliphatic carbocycles. The molecule has 20 heavy (non-hydrogen) atoms. The summed E-state index contributed by atoms with van der Waals surface area (Å²) in [5, 5.41) is 0. The maximum atomic E-state index is 11.8. The number of epoxide rings is 1. The number of carbonyl (C=O) groups is 1. The fourth-order valence-corrected chi connectivity index (χ4v) is 3.23. The van der Waals surface area contributed by atoms with E-state index in [4.69, 9.17) is 9.47 Å². The molecule has 114 valence electrons. The average molecular weight is 280 g/mol. The maximum Gasteiger partial charge on any atom is 0.133 e. The first-order valence-electron chi connectivity index (χ1n) is 7.95. The number of hydrogen-bond acceptors (Lipinski definition) is 3. The van der Waals surface area contributed by atoms with Crippen LogP contribution in [0.1, 0.15) is 59.3 Å². The number of Topliss-reactive ketones (excluding diaryl/α,β-unsaturated/α-hetero) is 1. The summed E-state index contributed by atoms with van der Waals surface area (Å²) in [5.74, 6) is 0.548. The van der Waals surface area contributed by atoms with Gasteiger partial charge in [-0.1, -0.05) is 31.9 Å². The van der Waals surface area contributed by atoms with Crippen molar-refractivity contribution in [2.45, 2.75) is 70.5 Å². The second-order valence-corrected chi connectivity index (χ2v) is 6.68. The Morgan fingerprint density at radius 3 is 2.85 bits per heavy atom. The monoisotopic (exact) mass is 280 g/mol. The maximum absolute atomic E-state index is 11.8. The van der Waals surface area contributed by atoms with Crippen LogP contribution in [0.2, 0.25) is 0 Å². The number of rotatable bonds is 7. The molecule has 2 aliphatic rings. The van der Waals surface area contributed by atoms with Gasteiger partial charge in [0.2, 0.25) is 0 Å². The minimum absolute atomic E-state index is 0.0661. The quantitative estimate of drug-likeness (QED) is 0.406. The standard InChI is InChI=1S/C17H28O3/c1-4-5-6-7-8-11-19-16(2,3)15-12-14(18)9-10-17(15)13-20-17/h7-8,15H,4-6,9-13H2,1-3H3/b8-7+. The molecule has 2 fully saturated rings. The van der Waals surface area contributed by atoms with E-state index in [2.05, 4.69) is 32.9 Å². The highest BCUT2D eigenvalue weighted by atomic mass is 16.6. The molecule has 3 nitrogen and oxygen atoms in total. The SMILES string of the molecule is CCCC/C=C/COC(C)(C)C1CC(=O)CCC12CO2. The molecule has 2 unspecified atom stereocenters. The highest BCUT2D eigenvalue weighted by molar-refractivity contribution is 5.80. The molecule has 0 aromatic carbocycles. The van der Waals surface area contributed by atoms with Crippen LogP contribution < -0.4 is 0 Å². The molecule has 1 heterocycles. The summed E-state index contributed by atoms with van der Waals surface area (Å²) >= 11 is 0. The van der Waals surface area contributed by atoms with E-state index in [-0.39, 0.29) is 17.1 Å². The molecular formula is C17H28O3. The molecule has 1 spiro atoms. The van der Waals surface area contributed by atoms with Crippen molar-refractivity contribution in [1.82, 2.24) is 0 Å². The number of hydrogen-bond donors (Lipinski definition) is 0. The summed E-state index contributed by atoms with van der Waals surface area (Å²) in [7, 11) is 0. The van der Waals surface area contributed by atoms with E-state index >= 15 is 0 Å². The first kappa shape index (κ1) is 15.7. The fourth-order valence-electron chi connectivity index (χ4n) is 3.23. The molecule has 3 heteroatoms. The summed E-state index contributed by atoms with van der Waals surface area (Å²) in [6.45, 7) is 7.81. The van der Waals surface area contributed by atoms with Crippen molar-refractivity contribution < 1.29 is 14.3 Å². The smallest absolute Gasteiger partial charge is 0.133 e. The second-order valence-electron chi connectivity index (χ2n) is 6.68. The summed E-state index contributed by atoms with van der Waals surface area (Å²) < 4.78 is 11.7. The van der Waals surface area contributed by atoms with E-state index in [1.165, 1.54) is 12.8 Å². The van der Waals surface area contributed by atoms with Gasteiger partial charge in [0.25, 0.3) is 0 Å². The third-order valence-electron chi connectivity index (χ3n) is 4.69. The van der Waals surface area contributed by atoms with E-state index in [0.29, 0.717) is 25.2 Å². The third kappa shape index (κ3) is 3.70. The van der Waals surface area contributed by atoms with Crippen molar-refractivity contribution in [3.63, 3.8) is 0 Å². The van der Waals surface area contributed by atoms with Crippen molar-refractivity contribution in [2.75, 3.05) is 13.2 Å². The fraction of sp³-hybridized carbons (Fsp3) is 0.824. The van der Waals surface area contributed by atoms with Crippen molar-refractivity contribution >= 4 is 5.78 Å². The van der Waals surface area contributed by atoms with Crippen LogP contribution in [0.3, 0.4) is 0 Å². The van der Waals surface area contributed by atoms with E-state index in [1.807, 2.05) is 0 Å². The van der Waals surface area contributed by atoms with Gasteiger partial charge < -0.3 is 9.47 Å². The molecular weight excluding hydrogens is 252 g/mol. The molecule has 0 aromatic rings. The zero-order chi connectivity index (χ0) is 14.6. The molecule has 0 N–H and O–H groups in total. The average Bonchev–Trinajstić information content (AvgIpc) is 3.17. The Kier molecular flexibility index (Phi) is 5.03. The molecule has 0 aromatic heterocycles. The molecule has 1 saturated heterocycles. The Hall–Kier alpha value is -0.670. The summed E-state index contributed by atoms with van der Waals surface area (Å²) in [6, 6.07) is 0. The van der Waals surface area contributed by atoms with Crippen LogP contribution >= 0.6 is 0 Å². The van der Waals surface area contributed by atoms with Crippen LogP contribution in [0.25, 0.3) is 0 Å². The van der Waals surface area contributed by atoms with Crippen LogP contribution in [0, 0.1) is 5.92 Å². The van der Waals surface area contributed by atoms with Crippen LogP contribution in [-0.4, -0.2) is 30.2 Å². The lowest BCUT2D eigenvalue weighted by molar-refractivity contribution is -0.132. The number of allylic oxidation sites excluding steroid dienone is 1. The van der Waals surface area contributed by atoms with Crippen LogP contribution in [0.5, 0.6) is 0 Å². The minimum atomic E-state index is -0.304. The van der Waals surface area contributed by atoms with E-state index in [0.717, 1.165) is 19.4 Å². The van der Waals surface area contributed by atoms with E-state index in [9.17, 15) is 4.79 Å². The topological polar surface area (TPSA) is 38.8 Å². The Balaban J connectivity index is 1.85. The Morgan fingerprint density at radius 1 is 1.45 bits per heavy atom. The highest BCUT2D eigenvalue weighted by Gasteiger charge is 2.59. The van der Waals surface area contributed by atoms with Gasteiger partial charge in [-0.15, -0.1) is 0 Å². The van der Waals surface area contributed by atoms with Crippen LogP contribution in [0.15, 0.2) is 12.2 Å². The van der Waals surface area contributed by atoms with Gasteiger partial charge >= 0.3 is 0 Å². The number of ketones is 1. The second kappa shape index (κ2) is 6.40. The molecule has 1 saturated carbocycles. The lowest BCUT2D eigenvalue weighted by Crippen LogP contribution is -2.47. The third-order valence-corrected chi connectivity index (χ3v) is 4.69. The molecule has 2 rings (SSSR count). The molecule has 2 atom stereocenters. The van der Waals surface area contributed by atoms with Gasteiger partial charge in [0.05, 0.1) is 24.4 Å². The van der Waals surface area contributed by atoms with E-state index < -0.39 is 0 Å². The van der Waals surface area contributed by atoms with Crippen LogP contribution in [0.4, 0.5) is 0 Å². The van der Waals surface area contributed by atoms with Gasteiger partial charge in [-0.25, -0.2) is 0 Å². The zero-order valence-corrected chi connectivity index (χ0v) is 13.1. The largest absolute Gasteiger partial charge is 0.371 e. The first-order chi connectivity index (χ1) is 9.50. The minimum Gasteiger partial charge on any atom is -0.371 e. The Morgan fingerprint density at radius 2 is 2.20 bits per heavy atom. The molecule has 0 bridgehead atoms. The molecule has 0 amide bonds. The zero-order valence-electron chi connectivity index (χ0n) is 13.1. The van der Waals surface area contributed by atoms with Gasteiger partial charge in [-0.2, -0.15) is 0 Å². The Bertz CT molecular complexity index is 366. The normalized spacial score (nSPS) is 30.4. The molecule has 1 aliphatic heterocycles. The van der Waals surface area contributed by atoms with Crippen LogP contribution in [-0.2, 0) is 14.3 Å².